The normalized spacial score (nSPS) is 10.8. The number of benzene rings is 2. The van der Waals surface area contributed by atoms with Crippen LogP contribution in [0.5, 0.6) is 0 Å². The van der Waals surface area contributed by atoms with E-state index in [9.17, 15) is 4.79 Å². The first-order valence-electron chi connectivity index (χ1n) is 7.42. The Labute approximate surface area is 129 Å². The first kappa shape index (κ1) is 14.3. The Morgan fingerprint density at radius 1 is 1.09 bits per heavy atom. The lowest BCUT2D eigenvalue weighted by Crippen LogP contribution is -2.28. The van der Waals surface area contributed by atoms with Gasteiger partial charge in [-0.2, -0.15) is 0 Å². The second-order valence-corrected chi connectivity index (χ2v) is 5.37. The zero-order valence-electron chi connectivity index (χ0n) is 12.8. The van der Waals surface area contributed by atoms with Crippen LogP contribution in [-0.4, -0.2) is 22.0 Å². The predicted molar refractivity (Wildman–Crippen MR) is 88.0 cm³/mol. The molecular weight excluding hydrogens is 274 g/mol. The van der Waals surface area contributed by atoms with Gasteiger partial charge in [-0.1, -0.05) is 30.3 Å². The SMILES string of the molecule is Cc1ccccc1C(=O)NCCn1c(C)nc2ccccc21. The topological polar surface area (TPSA) is 46.9 Å². The zero-order chi connectivity index (χ0) is 15.5. The summed E-state index contributed by atoms with van der Waals surface area (Å²) in [5.74, 6) is 0.937. The molecule has 112 valence electrons. The molecule has 0 spiro atoms. The highest BCUT2D eigenvalue weighted by atomic mass is 16.1. The van der Waals surface area contributed by atoms with E-state index >= 15 is 0 Å². The first-order chi connectivity index (χ1) is 10.7. The molecule has 3 rings (SSSR count). The first-order valence-corrected chi connectivity index (χ1v) is 7.42. The highest BCUT2D eigenvalue weighted by Gasteiger charge is 2.09. The third-order valence-corrected chi connectivity index (χ3v) is 3.86. The number of carbonyl (C=O) groups is 1. The average Bonchev–Trinajstić information content (AvgIpc) is 2.83. The molecule has 1 aromatic heterocycles. The molecule has 1 amide bonds. The molecular formula is C18H19N3O. The molecule has 0 aliphatic carbocycles. The largest absolute Gasteiger partial charge is 0.350 e. The number of para-hydroxylation sites is 2. The summed E-state index contributed by atoms with van der Waals surface area (Å²) in [6, 6.07) is 15.7. The fraction of sp³-hybridized carbons (Fsp3) is 0.222. The van der Waals surface area contributed by atoms with E-state index in [1.165, 1.54) is 0 Å². The van der Waals surface area contributed by atoms with Crippen molar-refractivity contribution in [3.63, 3.8) is 0 Å². The predicted octanol–water partition coefficient (Wildman–Crippen LogP) is 3.08. The minimum absolute atomic E-state index is 0.0276. The summed E-state index contributed by atoms with van der Waals surface area (Å²) < 4.78 is 2.13. The number of rotatable bonds is 4. The Kier molecular flexibility index (Phi) is 3.92. The summed E-state index contributed by atoms with van der Waals surface area (Å²) in [7, 11) is 0. The maximum absolute atomic E-state index is 12.2. The summed E-state index contributed by atoms with van der Waals surface area (Å²) in [6.45, 7) is 5.23. The zero-order valence-corrected chi connectivity index (χ0v) is 12.8. The van der Waals surface area contributed by atoms with Gasteiger partial charge >= 0.3 is 0 Å². The number of nitrogens with zero attached hydrogens (tertiary/aromatic N) is 2. The molecule has 3 aromatic rings. The highest BCUT2D eigenvalue weighted by molar-refractivity contribution is 5.95. The van der Waals surface area contributed by atoms with E-state index in [4.69, 9.17) is 0 Å². The lowest BCUT2D eigenvalue weighted by atomic mass is 10.1. The van der Waals surface area contributed by atoms with Crippen LogP contribution in [-0.2, 0) is 6.54 Å². The number of hydrogen-bond donors (Lipinski definition) is 1. The minimum atomic E-state index is -0.0276. The van der Waals surface area contributed by atoms with Crippen LogP contribution in [0.25, 0.3) is 11.0 Å². The molecule has 0 radical (unpaired) electrons. The van der Waals surface area contributed by atoms with Gasteiger partial charge in [-0.05, 0) is 37.6 Å². The molecule has 4 nitrogen and oxygen atoms in total. The molecule has 1 heterocycles. The van der Waals surface area contributed by atoms with E-state index in [0.29, 0.717) is 13.1 Å². The molecule has 4 heteroatoms. The van der Waals surface area contributed by atoms with Crippen LogP contribution < -0.4 is 5.32 Å². The van der Waals surface area contributed by atoms with Gasteiger partial charge in [0.25, 0.3) is 5.91 Å². The van der Waals surface area contributed by atoms with Crippen LogP contribution >= 0.6 is 0 Å². The Bertz CT molecular complexity index is 820. The Hall–Kier alpha value is -2.62. The molecule has 0 unspecified atom stereocenters. The molecule has 22 heavy (non-hydrogen) atoms. The third-order valence-electron chi connectivity index (χ3n) is 3.86. The van der Waals surface area contributed by atoms with Gasteiger partial charge in [0.2, 0.25) is 0 Å². The standard InChI is InChI=1S/C18H19N3O/c1-13-7-3-4-8-15(13)18(22)19-11-12-21-14(2)20-16-9-5-6-10-17(16)21/h3-10H,11-12H2,1-2H3,(H,19,22). The van der Waals surface area contributed by atoms with Crippen LogP contribution in [0, 0.1) is 13.8 Å². The molecule has 0 bridgehead atoms. The molecule has 2 aromatic carbocycles. The van der Waals surface area contributed by atoms with Crippen molar-refractivity contribution in [2.75, 3.05) is 6.54 Å². The van der Waals surface area contributed by atoms with Gasteiger partial charge in [-0.15, -0.1) is 0 Å². The van der Waals surface area contributed by atoms with Gasteiger partial charge in [-0.3, -0.25) is 4.79 Å². The van der Waals surface area contributed by atoms with Crippen molar-refractivity contribution in [3.05, 3.63) is 65.5 Å². The average molecular weight is 293 g/mol. The fourth-order valence-electron chi connectivity index (χ4n) is 2.68. The van der Waals surface area contributed by atoms with Crippen molar-refractivity contribution in [2.24, 2.45) is 0 Å². The van der Waals surface area contributed by atoms with Crippen molar-refractivity contribution in [1.29, 1.82) is 0 Å². The number of nitrogens with one attached hydrogen (secondary N) is 1. The van der Waals surface area contributed by atoms with Crippen LogP contribution in [0.2, 0.25) is 0 Å². The lowest BCUT2D eigenvalue weighted by Gasteiger charge is -2.10. The molecule has 1 N–H and O–H groups in total. The highest BCUT2D eigenvalue weighted by Crippen LogP contribution is 2.15. The van der Waals surface area contributed by atoms with Gasteiger partial charge in [0, 0.05) is 18.7 Å². The van der Waals surface area contributed by atoms with E-state index in [-0.39, 0.29) is 5.91 Å². The smallest absolute Gasteiger partial charge is 0.251 e. The molecule has 0 aliphatic heterocycles. The summed E-state index contributed by atoms with van der Waals surface area (Å²) in [5.41, 5.74) is 3.81. The molecule has 0 saturated heterocycles. The van der Waals surface area contributed by atoms with Crippen molar-refractivity contribution in [2.45, 2.75) is 20.4 Å². The second kappa shape index (κ2) is 6.02. The molecule has 0 fully saturated rings. The Morgan fingerprint density at radius 2 is 1.82 bits per heavy atom. The number of imidazole rings is 1. The van der Waals surface area contributed by atoms with Crippen LogP contribution in [0.3, 0.4) is 0 Å². The molecule has 0 saturated carbocycles. The van der Waals surface area contributed by atoms with Crippen molar-refractivity contribution < 1.29 is 4.79 Å². The summed E-state index contributed by atoms with van der Waals surface area (Å²) in [6.07, 6.45) is 0. The van der Waals surface area contributed by atoms with Crippen LogP contribution in [0.1, 0.15) is 21.7 Å². The maximum atomic E-state index is 12.2. The third kappa shape index (κ3) is 2.72. The number of aryl methyl sites for hydroxylation is 2. The van der Waals surface area contributed by atoms with E-state index in [2.05, 4.69) is 20.9 Å². The molecule has 0 aliphatic rings. The number of fused-ring (bicyclic) bond motifs is 1. The van der Waals surface area contributed by atoms with Gasteiger partial charge in [0.15, 0.2) is 0 Å². The van der Waals surface area contributed by atoms with Gasteiger partial charge in [0.1, 0.15) is 5.82 Å². The fourth-order valence-corrected chi connectivity index (χ4v) is 2.68. The van der Waals surface area contributed by atoms with E-state index in [0.717, 1.165) is 28.0 Å². The van der Waals surface area contributed by atoms with Crippen LogP contribution in [0.15, 0.2) is 48.5 Å². The van der Waals surface area contributed by atoms with Crippen molar-refractivity contribution in [1.82, 2.24) is 14.9 Å². The minimum Gasteiger partial charge on any atom is -0.350 e. The van der Waals surface area contributed by atoms with E-state index in [1.54, 1.807) is 0 Å². The second-order valence-electron chi connectivity index (χ2n) is 5.37. The number of hydrogen-bond acceptors (Lipinski definition) is 2. The van der Waals surface area contributed by atoms with Crippen LogP contribution in [0.4, 0.5) is 0 Å². The van der Waals surface area contributed by atoms with Crippen molar-refractivity contribution in [3.8, 4) is 0 Å². The van der Waals surface area contributed by atoms with Gasteiger partial charge in [-0.25, -0.2) is 4.98 Å². The number of carbonyl (C=O) groups excluding carboxylic acids is 1. The van der Waals surface area contributed by atoms with Crippen molar-refractivity contribution >= 4 is 16.9 Å². The summed E-state index contributed by atoms with van der Waals surface area (Å²) in [4.78, 5) is 16.7. The number of amides is 1. The maximum Gasteiger partial charge on any atom is 0.251 e. The summed E-state index contributed by atoms with van der Waals surface area (Å²) >= 11 is 0. The number of aromatic nitrogens is 2. The van der Waals surface area contributed by atoms with Gasteiger partial charge in [0.05, 0.1) is 11.0 Å². The van der Waals surface area contributed by atoms with Gasteiger partial charge < -0.3 is 9.88 Å². The quantitative estimate of drug-likeness (QED) is 0.803. The Morgan fingerprint density at radius 3 is 2.64 bits per heavy atom. The monoisotopic (exact) mass is 293 g/mol. The lowest BCUT2D eigenvalue weighted by molar-refractivity contribution is 0.0951. The summed E-state index contributed by atoms with van der Waals surface area (Å²) in [5, 5.41) is 2.98. The van der Waals surface area contributed by atoms with E-state index in [1.807, 2.05) is 56.3 Å². The Balaban J connectivity index is 1.69. The molecule has 0 atom stereocenters. The van der Waals surface area contributed by atoms with E-state index < -0.39 is 0 Å².